The summed E-state index contributed by atoms with van der Waals surface area (Å²) in [6.07, 6.45) is 1.64. The number of aryl methyl sites for hydroxylation is 1. The van der Waals surface area contributed by atoms with Gasteiger partial charge in [0.05, 0.1) is 18.0 Å². The zero-order valence-corrected chi connectivity index (χ0v) is 18.9. The molecule has 2 aromatic carbocycles. The lowest BCUT2D eigenvalue weighted by atomic mass is 9.95. The first kappa shape index (κ1) is 23.2. The second kappa shape index (κ2) is 9.78. The van der Waals surface area contributed by atoms with Gasteiger partial charge in [-0.2, -0.15) is 4.31 Å². The highest BCUT2D eigenvalue weighted by molar-refractivity contribution is 7.89. The number of carbonyl (C=O) groups is 1. The lowest BCUT2D eigenvalue weighted by molar-refractivity contribution is -0.126. The van der Waals surface area contributed by atoms with Crippen molar-refractivity contribution in [2.24, 2.45) is 5.92 Å². The quantitative estimate of drug-likeness (QED) is 0.699. The third kappa shape index (κ3) is 5.25. The van der Waals surface area contributed by atoms with Crippen molar-refractivity contribution in [3.05, 3.63) is 59.4 Å². The Morgan fingerprint density at radius 3 is 2.39 bits per heavy atom. The zero-order chi connectivity index (χ0) is 22.6. The van der Waals surface area contributed by atoms with E-state index in [9.17, 15) is 17.6 Å². The zero-order valence-electron chi connectivity index (χ0n) is 18.1. The normalized spacial score (nSPS) is 16.6. The van der Waals surface area contributed by atoms with Gasteiger partial charge in [0.1, 0.15) is 11.6 Å². The summed E-state index contributed by atoms with van der Waals surface area (Å²) in [5.74, 6) is 0.0266. The van der Waals surface area contributed by atoms with Crippen molar-refractivity contribution in [2.75, 3.05) is 20.2 Å². The summed E-state index contributed by atoms with van der Waals surface area (Å²) in [4.78, 5) is 12.9. The predicted molar refractivity (Wildman–Crippen MR) is 117 cm³/mol. The van der Waals surface area contributed by atoms with Gasteiger partial charge in [0.25, 0.3) is 0 Å². The molecule has 0 radical (unpaired) electrons. The molecule has 1 heterocycles. The first-order chi connectivity index (χ1) is 14.8. The number of piperidine rings is 1. The van der Waals surface area contributed by atoms with E-state index < -0.39 is 15.8 Å². The Balaban J connectivity index is 1.61. The van der Waals surface area contributed by atoms with Crippen molar-refractivity contribution in [3.63, 3.8) is 0 Å². The molecule has 8 heteroatoms. The fourth-order valence-corrected chi connectivity index (χ4v) is 5.41. The highest BCUT2D eigenvalue weighted by atomic mass is 32.2. The van der Waals surface area contributed by atoms with Crippen LogP contribution in [0.4, 0.5) is 4.39 Å². The molecule has 1 unspecified atom stereocenters. The SMILES string of the molecule is CCC(NC(=O)C1CCN(S(=O)(=O)c2ccc(F)cc2)CC1)c1ccc(OC)c(C)c1. The van der Waals surface area contributed by atoms with Crippen molar-refractivity contribution in [2.45, 2.75) is 44.0 Å². The molecule has 0 aliphatic carbocycles. The van der Waals surface area contributed by atoms with Gasteiger partial charge < -0.3 is 10.1 Å². The molecule has 1 fully saturated rings. The lowest BCUT2D eigenvalue weighted by Crippen LogP contribution is -2.43. The lowest BCUT2D eigenvalue weighted by Gasteiger charge is -2.31. The molecule has 1 N–H and O–H groups in total. The maximum Gasteiger partial charge on any atom is 0.243 e. The number of carbonyl (C=O) groups excluding carboxylic acids is 1. The van der Waals surface area contributed by atoms with E-state index in [1.807, 2.05) is 32.0 Å². The van der Waals surface area contributed by atoms with E-state index in [0.717, 1.165) is 35.4 Å². The van der Waals surface area contributed by atoms with Crippen molar-refractivity contribution in [3.8, 4) is 5.75 Å². The Morgan fingerprint density at radius 1 is 1.19 bits per heavy atom. The molecule has 1 atom stereocenters. The van der Waals surface area contributed by atoms with Crippen LogP contribution in [0.3, 0.4) is 0 Å². The molecule has 168 valence electrons. The second-order valence-corrected chi connectivity index (χ2v) is 9.77. The number of hydrogen-bond donors (Lipinski definition) is 1. The minimum atomic E-state index is -3.69. The number of benzene rings is 2. The minimum absolute atomic E-state index is 0.0563. The topological polar surface area (TPSA) is 75.7 Å². The molecular formula is C23H29FN2O4S. The van der Waals surface area contributed by atoms with Crippen LogP contribution < -0.4 is 10.1 Å². The van der Waals surface area contributed by atoms with Crippen LogP contribution in [0.2, 0.25) is 0 Å². The number of ether oxygens (including phenoxy) is 1. The van der Waals surface area contributed by atoms with Gasteiger partial charge in [-0.3, -0.25) is 4.79 Å². The van der Waals surface area contributed by atoms with Gasteiger partial charge >= 0.3 is 0 Å². The largest absolute Gasteiger partial charge is 0.496 e. The molecule has 6 nitrogen and oxygen atoms in total. The maximum absolute atomic E-state index is 13.1. The monoisotopic (exact) mass is 448 g/mol. The summed E-state index contributed by atoms with van der Waals surface area (Å²) in [6, 6.07) is 10.6. The fourth-order valence-electron chi connectivity index (χ4n) is 3.94. The molecule has 0 bridgehead atoms. The van der Waals surface area contributed by atoms with Crippen LogP contribution in [0.15, 0.2) is 47.4 Å². The van der Waals surface area contributed by atoms with Crippen LogP contribution in [0, 0.1) is 18.7 Å². The van der Waals surface area contributed by atoms with Gasteiger partial charge in [-0.05, 0) is 67.6 Å². The van der Waals surface area contributed by atoms with E-state index >= 15 is 0 Å². The van der Waals surface area contributed by atoms with E-state index in [-0.39, 0.29) is 35.9 Å². The summed E-state index contributed by atoms with van der Waals surface area (Å²) >= 11 is 0. The first-order valence-corrected chi connectivity index (χ1v) is 11.9. The highest BCUT2D eigenvalue weighted by Crippen LogP contribution is 2.27. The first-order valence-electron chi connectivity index (χ1n) is 10.5. The Kier molecular flexibility index (Phi) is 7.33. The predicted octanol–water partition coefficient (Wildman–Crippen LogP) is 3.81. The number of nitrogens with zero attached hydrogens (tertiary/aromatic N) is 1. The van der Waals surface area contributed by atoms with Crippen molar-refractivity contribution in [1.29, 1.82) is 0 Å². The van der Waals surface area contributed by atoms with Crippen molar-refractivity contribution in [1.82, 2.24) is 9.62 Å². The fraction of sp³-hybridized carbons (Fsp3) is 0.435. The molecule has 0 spiro atoms. The van der Waals surface area contributed by atoms with Crippen LogP contribution in [0.25, 0.3) is 0 Å². The van der Waals surface area contributed by atoms with Gasteiger partial charge in [0.2, 0.25) is 15.9 Å². The van der Waals surface area contributed by atoms with Gasteiger partial charge in [-0.25, -0.2) is 12.8 Å². The minimum Gasteiger partial charge on any atom is -0.496 e. The van der Waals surface area contributed by atoms with Crippen LogP contribution >= 0.6 is 0 Å². The van der Waals surface area contributed by atoms with E-state index in [1.54, 1.807) is 7.11 Å². The summed E-state index contributed by atoms with van der Waals surface area (Å²) in [7, 11) is -2.06. The molecule has 1 aliphatic heterocycles. The van der Waals surface area contributed by atoms with E-state index in [1.165, 1.54) is 16.4 Å². The van der Waals surface area contributed by atoms with Crippen LogP contribution in [0.1, 0.15) is 43.4 Å². The molecule has 0 saturated carbocycles. The summed E-state index contributed by atoms with van der Waals surface area (Å²) in [6.45, 7) is 4.50. The Hall–Kier alpha value is -2.45. The molecule has 0 aromatic heterocycles. The highest BCUT2D eigenvalue weighted by Gasteiger charge is 2.32. The average molecular weight is 449 g/mol. The van der Waals surface area contributed by atoms with E-state index in [4.69, 9.17) is 4.74 Å². The molecule has 3 rings (SSSR count). The van der Waals surface area contributed by atoms with Crippen molar-refractivity contribution >= 4 is 15.9 Å². The molecule has 1 aliphatic rings. The molecule has 1 saturated heterocycles. The third-order valence-electron chi connectivity index (χ3n) is 5.82. The molecular weight excluding hydrogens is 419 g/mol. The molecule has 31 heavy (non-hydrogen) atoms. The van der Waals surface area contributed by atoms with E-state index in [2.05, 4.69) is 5.32 Å². The number of nitrogens with one attached hydrogen (secondary N) is 1. The molecule has 2 aromatic rings. The van der Waals surface area contributed by atoms with Crippen LogP contribution in [-0.2, 0) is 14.8 Å². The summed E-state index contributed by atoms with van der Waals surface area (Å²) < 4.78 is 45.3. The number of halogens is 1. The Bertz CT molecular complexity index is 1020. The number of rotatable bonds is 7. The smallest absolute Gasteiger partial charge is 0.243 e. The number of amides is 1. The maximum atomic E-state index is 13.1. The number of hydrogen-bond acceptors (Lipinski definition) is 4. The molecule has 1 amide bonds. The van der Waals surface area contributed by atoms with Gasteiger partial charge in [-0.15, -0.1) is 0 Å². The average Bonchev–Trinajstić information content (AvgIpc) is 2.77. The van der Waals surface area contributed by atoms with Gasteiger partial charge in [-0.1, -0.05) is 19.1 Å². The van der Waals surface area contributed by atoms with Gasteiger partial charge in [0.15, 0.2) is 0 Å². The van der Waals surface area contributed by atoms with Gasteiger partial charge in [0, 0.05) is 19.0 Å². The van der Waals surface area contributed by atoms with Crippen molar-refractivity contribution < 1.29 is 22.3 Å². The van der Waals surface area contributed by atoms with Crippen LogP contribution in [0.5, 0.6) is 5.75 Å². The number of methoxy groups -OCH3 is 1. The number of sulfonamides is 1. The van der Waals surface area contributed by atoms with E-state index in [0.29, 0.717) is 12.8 Å². The second-order valence-electron chi connectivity index (χ2n) is 7.83. The standard InChI is InChI=1S/C23H29FN2O4S/c1-4-21(18-5-10-22(30-3)16(2)15-18)25-23(27)17-11-13-26(14-12-17)31(28,29)20-8-6-19(24)7-9-20/h5-10,15,17,21H,4,11-14H2,1-3H3,(H,25,27). The third-order valence-corrected chi connectivity index (χ3v) is 7.74. The van der Waals surface area contributed by atoms with Crippen LogP contribution in [-0.4, -0.2) is 38.8 Å². The summed E-state index contributed by atoms with van der Waals surface area (Å²) in [5.41, 5.74) is 2.03. The Morgan fingerprint density at radius 2 is 1.84 bits per heavy atom. The summed E-state index contributed by atoms with van der Waals surface area (Å²) in [5, 5.41) is 3.12. The Labute approximate surface area is 183 Å².